The van der Waals surface area contributed by atoms with Crippen LogP contribution in [-0.4, -0.2) is 32.4 Å². The van der Waals surface area contributed by atoms with Crippen molar-refractivity contribution in [2.75, 3.05) is 13.1 Å². The zero-order valence-corrected chi connectivity index (χ0v) is 16.4. The highest BCUT2D eigenvalue weighted by atomic mass is 32.2. The molecule has 9 heteroatoms. The second-order valence-electron chi connectivity index (χ2n) is 5.48. The van der Waals surface area contributed by atoms with Crippen LogP contribution in [0.1, 0.15) is 16.1 Å². The number of benzene rings is 1. The second kappa shape index (κ2) is 8.09. The van der Waals surface area contributed by atoms with Gasteiger partial charge in [0.05, 0.1) is 9.77 Å². The number of sulfonamides is 1. The van der Waals surface area contributed by atoms with Gasteiger partial charge in [0.1, 0.15) is 10.7 Å². The smallest absolute Gasteiger partial charge is 0.270 e. The molecule has 2 N–H and O–H groups in total. The van der Waals surface area contributed by atoms with E-state index >= 15 is 0 Å². The molecule has 0 atom stereocenters. The molecule has 0 unspecified atom stereocenters. The summed E-state index contributed by atoms with van der Waals surface area (Å²) in [6.45, 7) is 2.17. The van der Waals surface area contributed by atoms with Gasteiger partial charge in [-0.2, -0.15) is 0 Å². The molecule has 3 aromatic rings. The molecule has 0 radical (unpaired) electrons. The standard InChI is InChI=1S/C17H17N3O3S3/c1-12-4-6-13(7-5-12)26(22,23)19-9-8-18-16(21)14-11-25-17(20-14)15-3-2-10-24-15/h2-7,10-11,19H,8-9H2,1H3,(H,18,21). The van der Waals surface area contributed by atoms with Crippen LogP contribution in [0.3, 0.4) is 0 Å². The number of amides is 1. The van der Waals surface area contributed by atoms with Crippen LogP contribution in [-0.2, 0) is 10.0 Å². The lowest BCUT2D eigenvalue weighted by molar-refractivity contribution is 0.0950. The molecule has 1 aromatic carbocycles. The maximum absolute atomic E-state index is 12.2. The number of aryl methyl sites for hydroxylation is 1. The first-order valence-corrected chi connectivity index (χ1v) is 11.0. The van der Waals surface area contributed by atoms with Crippen LogP contribution in [0.5, 0.6) is 0 Å². The zero-order valence-electron chi connectivity index (χ0n) is 13.9. The average Bonchev–Trinajstić information content (AvgIpc) is 3.30. The van der Waals surface area contributed by atoms with Gasteiger partial charge in [0.2, 0.25) is 10.0 Å². The molecule has 26 heavy (non-hydrogen) atoms. The molecule has 136 valence electrons. The van der Waals surface area contributed by atoms with Crippen molar-refractivity contribution in [2.24, 2.45) is 0 Å². The normalized spacial score (nSPS) is 11.4. The molecule has 0 spiro atoms. The number of thiophene rings is 1. The highest BCUT2D eigenvalue weighted by Gasteiger charge is 2.14. The topological polar surface area (TPSA) is 88.2 Å². The van der Waals surface area contributed by atoms with Crippen molar-refractivity contribution in [3.8, 4) is 9.88 Å². The van der Waals surface area contributed by atoms with Gasteiger partial charge in [-0.05, 0) is 30.5 Å². The number of rotatable bonds is 7. The van der Waals surface area contributed by atoms with E-state index in [2.05, 4.69) is 15.0 Å². The van der Waals surface area contributed by atoms with E-state index in [0.29, 0.717) is 5.69 Å². The number of hydrogen-bond acceptors (Lipinski definition) is 6. The molecule has 6 nitrogen and oxygen atoms in total. The average molecular weight is 408 g/mol. The minimum atomic E-state index is -3.58. The number of aromatic nitrogens is 1. The summed E-state index contributed by atoms with van der Waals surface area (Å²) in [7, 11) is -3.58. The highest BCUT2D eigenvalue weighted by molar-refractivity contribution is 7.89. The maximum atomic E-state index is 12.2. The second-order valence-corrected chi connectivity index (χ2v) is 9.05. The summed E-state index contributed by atoms with van der Waals surface area (Å²) in [6, 6.07) is 10.5. The van der Waals surface area contributed by atoms with Gasteiger partial charge >= 0.3 is 0 Å². The molecule has 0 saturated carbocycles. The molecule has 2 heterocycles. The number of nitrogens with one attached hydrogen (secondary N) is 2. The van der Waals surface area contributed by atoms with E-state index in [-0.39, 0.29) is 23.9 Å². The Morgan fingerprint density at radius 1 is 1.12 bits per heavy atom. The molecule has 1 amide bonds. The van der Waals surface area contributed by atoms with Crippen molar-refractivity contribution in [1.82, 2.24) is 15.0 Å². The summed E-state index contributed by atoms with van der Waals surface area (Å²) >= 11 is 2.97. The van der Waals surface area contributed by atoms with Gasteiger partial charge in [0, 0.05) is 18.5 Å². The zero-order chi connectivity index (χ0) is 18.6. The van der Waals surface area contributed by atoms with Gasteiger partial charge in [-0.15, -0.1) is 22.7 Å². The van der Waals surface area contributed by atoms with Gasteiger partial charge in [0.25, 0.3) is 5.91 Å². The maximum Gasteiger partial charge on any atom is 0.270 e. The molecule has 0 aliphatic heterocycles. The van der Waals surface area contributed by atoms with Gasteiger partial charge in [0.15, 0.2) is 0 Å². The molecule has 3 rings (SSSR count). The summed E-state index contributed by atoms with van der Waals surface area (Å²) in [5.74, 6) is -0.321. The van der Waals surface area contributed by atoms with Crippen LogP contribution in [0.4, 0.5) is 0 Å². The first-order chi connectivity index (χ1) is 12.5. The van der Waals surface area contributed by atoms with Crippen LogP contribution >= 0.6 is 22.7 Å². The van der Waals surface area contributed by atoms with Gasteiger partial charge in [-0.1, -0.05) is 23.8 Å². The number of hydrogen-bond donors (Lipinski definition) is 2. The molecule has 0 aliphatic rings. The Bertz CT molecular complexity index is 978. The van der Waals surface area contributed by atoms with Crippen LogP contribution < -0.4 is 10.0 Å². The predicted octanol–water partition coefficient (Wildman–Crippen LogP) is 2.89. The van der Waals surface area contributed by atoms with E-state index < -0.39 is 10.0 Å². The summed E-state index contributed by atoms with van der Waals surface area (Å²) in [6.07, 6.45) is 0. The first-order valence-electron chi connectivity index (χ1n) is 7.80. The summed E-state index contributed by atoms with van der Waals surface area (Å²) in [5.41, 5.74) is 1.32. The van der Waals surface area contributed by atoms with E-state index in [0.717, 1.165) is 15.4 Å². The lowest BCUT2D eigenvalue weighted by Gasteiger charge is -2.07. The Morgan fingerprint density at radius 3 is 2.58 bits per heavy atom. The van der Waals surface area contributed by atoms with Gasteiger partial charge in [-0.3, -0.25) is 4.79 Å². The Labute approximate surface area is 160 Å². The molecular weight excluding hydrogens is 390 g/mol. The van der Waals surface area contributed by atoms with E-state index in [1.54, 1.807) is 41.0 Å². The number of carbonyl (C=O) groups excluding carboxylic acids is 1. The van der Waals surface area contributed by atoms with Crippen LogP contribution in [0, 0.1) is 6.92 Å². The van der Waals surface area contributed by atoms with E-state index in [1.807, 2.05) is 24.4 Å². The van der Waals surface area contributed by atoms with Crippen molar-refractivity contribution >= 4 is 38.6 Å². The van der Waals surface area contributed by atoms with Crippen LogP contribution in [0.25, 0.3) is 9.88 Å². The Morgan fingerprint density at radius 2 is 1.88 bits per heavy atom. The third kappa shape index (κ3) is 4.55. The van der Waals surface area contributed by atoms with Crippen LogP contribution in [0.2, 0.25) is 0 Å². The lowest BCUT2D eigenvalue weighted by atomic mass is 10.2. The summed E-state index contributed by atoms with van der Waals surface area (Å²) in [5, 5.41) is 7.12. The lowest BCUT2D eigenvalue weighted by Crippen LogP contribution is -2.34. The number of nitrogens with zero attached hydrogens (tertiary/aromatic N) is 1. The summed E-state index contributed by atoms with van der Waals surface area (Å²) < 4.78 is 26.8. The summed E-state index contributed by atoms with van der Waals surface area (Å²) in [4.78, 5) is 17.7. The fourth-order valence-corrected chi connectivity index (χ4v) is 4.79. The van der Waals surface area contributed by atoms with Crippen molar-refractivity contribution in [3.63, 3.8) is 0 Å². The Hall–Kier alpha value is -2.07. The van der Waals surface area contributed by atoms with Gasteiger partial charge < -0.3 is 5.32 Å². The molecular formula is C17H17N3O3S3. The van der Waals surface area contributed by atoms with E-state index in [4.69, 9.17) is 0 Å². The van der Waals surface area contributed by atoms with Gasteiger partial charge in [-0.25, -0.2) is 18.1 Å². The fraction of sp³-hybridized carbons (Fsp3) is 0.176. The van der Waals surface area contributed by atoms with E-state index in [9.17, 15) is 13.2 Å². The molecule has 0 aliphatic carbocycles. The Kier molecular flexibility index (Phi) is 5.82. The monoisotopic (exact) mass is 407 g/mol. The van der Waals surface area contributed by atoms with Crippen molar-refractivity contribution in [2.45, 2.75) is 11.8 Å². The van der Waals surface area contributed by atoms with Crippen molar-refractivity contribution < 1.29 is 13.2 Å². The largest absolute Gasteiger partial charge is 0.349 e. The number of carbonyl (C=O) groups is 1. The molecule has 0 saturated heterocycles. The third-order valence-corrected chi connectivity index (χ3v) is 6.86. The Balaban J connectivity index is 1.50. The highest BCUT2D eigenvalue weighted by Crippen LogP contribution is 2.27. The minimum absolute atomic E-state index is 0.101. The SMILES string of the molecule is Cc1ccc(S(=O)(=O)NCCNC(=O)c2csc(-c3cccs3)n2)cc1. The predicted molar refractivity (Wildman–Crippen MR) is 104 cm³/mol. The molecule has 0 fully saturated rings. The third-order valence-electron chi connectivity index (χ3n) is 3.50. The fourth-order valence-electron chi connectivity index (χ4n) is 2.14. The van der Waals surface area contributed by atoms with Crippen molar-refractivity contribution in [1.29, 1.82) is 0 Å². The quantitative estimate of drug-likeness (QED) is 0.590. The molecule has 2 aromatic heterocycles. The minimum Gasteiger partial charge on any atom is -0.349 e. The van der Waals surface area contributed by atoms with Crippen molar-refractivity contribution in [3.05, 3.63) is 58.4 Å². The molecule has 0 bridgehead atoms. The van der Waals surface area contributed by atoms with Crippen LogP contribution in [0.15, 0.2) is 52.1 Å². The van der Waals surface area contributed by atoms with E-state index in [1.165, 1.54) is 11.3 Å². The first kappa shape index (κ1) is 18.7. The number of thiazole rings is 1.